The number of piperazine rings is 1. The number of benzene rings is 1. The Labute approximate surface area is 214 Å². The van der Waals surface area contributed by atoms with Crippen LogP contribution in [0.5, 0.6) is 0 Å². The number of nitrogen functional groups attached to an aromatic ring is 1. The molecule has 0 unspecified atom stereocenters. The molecule has 4 heterocycles. The van der Waals surface area contributed by atoms with E-state index in [-0.39, 0.29) is 18.5 Å². The van der Waals surface area contributed by atoms with Crippen molar-refractivity contribution in [3.05, 3.63) is 59.4 Å². The summed E-state index contributed by atoms with van der Waals surface area (Å²) < 4.78 is 28.9. The SMILES string of the molecule is Cc1c(C=CCN2CCN(c3cc(F)cc(F)c3)CC2)cnn1-c1cc(N2CC[C@@H](CO)C2)nc(N)n1. The number of rotatable bonds is 7. The van der Waals surface area contributed by atoms with Crippen LogP contribution < -0.4 is 15.5 Å². The van der Waals surface area contributed by atoms with E-state index >= 15 is 0 Å². The second kappa shape index (κ2) is 10.8. The molecule has 1 aromatic carbocycles. The molecule has 9 nitrogen and oxygen atoms in total. The van der Waals surface area contributed by atoms with Crippen molar-refractivity contribution in [3.63, 3.8) is 0 Å². The number of aromatic nitrogens is 4. The van der Waals surface area contributed by atoms with Gasteiger partial charge in [-0.05, 0) is 25.5 Å². The van der Waals surface area contributed by atoms with Crippen molar-refractivity contribution in [2.45, 2.75) is 13.3 Å². The molecule has 2 aliphatic rings. The molecular formula is C26H32F2N8O. The lowest BCUT2D eigenvalue weighted by atomic mass is 10.1. The normalized spacial score (nSPS) is 18.9. The van der Waals surface area contributed by atoms with Crippen molar-refractivity contribution in [2.24, 2.45) is 5.92 Å². The number of halogens is 2. The summed E-state index contributed by atoms with van der Waals surface area (Å²) >= 11 is 0. The lowest BCUT2D eigenvalue weighted by Gasteiger charge is -2.35. The van der Waals surface area contributed by atoms with Crippen LogP contribution in [0.3, 0.4) is 0 Å². The first-order valence-corrected chi connectivity index (χ1v) is 12.5. The molecule has 2 aromatic heterocycles. The largest absolute Gasteiger partial charge is 0.396 e. The van der Waals surface area contributed by atoms with E-state index in [1.165, 1.54) is 12.1 Å². The van der Waals surface area contributed by atoms with Gasteiger partial charge in [-0.25, -0.2) is 13.5 Å². The number of hydrogen-bond donors (Lipinski definition) is 2. The molecule has 37 heavy (non-hydrogen) atoms. The number of aliphatic hydroxyl groups is 1. The second-order valence-corrected chi connectivity index (χ2v) is 9.64. The Bertz CT molecular complexity index is 1250. The van der Waals surface area contributed by atoms with E-state index in [9.17, 15) is 13.9 Å². The third kappa shape index (κ3) is 5.72. The smallest absolute Gasteiger partial charge is 0.224 e. The van der Waals surface area contributed by atoms with Crippen LogP contribution in [0.25, 0.3) is 11.9 Å². The molecule has 3 N–H and O–H groups in total. The van der Waals surface area contributed by atoms with Crippen LogP contribution in [0.2, 0.25) is 0 Å². The molecule has 3 aromatic rings. The van der Waals surface area contributed by atoms with E-state index in [1.54, 1.807) is 10.9 Å². The van der Waals surface area contributed by atoms with E-state index in [1.807, 2.05) is 24.0 Å². The molecule has 0 radical (unpaired) electrons. The number of hydrogen-bond acceptors (Lipinski definition) is 8. The van der Waals surface area contributed by atoms with E-state index in [4.69, 9.17) is 5.73 Å². The van der Waals surface area contributed by atoms with Crippen LogP contribution in [0.4, 0.5) is 26.2 Å². The Morgan fingerprint density at radius 2 is 1.73 bits per heavy atom. The van der Waals surface area contributed by atoms with Gasteiger partial charge in [-0.2, -0.15) is 15.1 Å². The first-order valence-electron chi connectivity index (χ1n) is 12.5. The number of nitrogens with two attached hydrogens (primary N) is 1. The summed E-state index contributed by atoms with van der Waals surface area (Å²) in [5, 5.41) is 14.0. The summed E-state index contributed by atoms with van der Waals surface area (Å²) in [5.41, 5.74) is 8.52. The van der Waals surface area contributed by atoms with Crippen molar-refractivity contribution in [1.82, 2.24) is 24.6 Å². The van der Waals surface area contributed by atoms with Crippen molar-refractivity contribution in [3.8, 4) is 5.82 Å². The average Bonchev–Trinajstić information content (AvgIpc) is 3.50. The first kappa shape index (κ1) is 25.1. The summed E-state index contributed by atoms with van der Waals surface area (Å²) in [6.45, 7) is 7.50. The van der Waals surface area contributed by atoms with Gasteiger partial charge >= 0.3 is 0 Å². The monoisotopic (exact) mass is 510 g/mol. The summed E-state index contributed by atoms with van der Waals surface area (Å²) in [4.78, 5) is 15.2. The lowest BCUT2D eigenvalue weighted by molar-refractivity contribution is 0.238. The third-order valence-electron chi connectivity index (χ3n) is 7.09. The molecule has 0 spiro atoms. The summed E-state index contributed by atoms with van der Waals surface area (Å²) in [6, 6.07) is 5.54. The zero-order chi connectivity index (χ0) is 25.9. The van der Waals surface area contributed by atoms with Gasteiger partial charge in [-0.15, -0.1) is 0 Å². The highest BCUT2D eigenvalue weighted by atomic mass is 19.1. The Kier molecular flexibility index (Phi) is 7.33. The maximum Gasteiger partial charge on any atom is 0.224 e. The van der Waals surface area contributed by atoms with E-state index in [0.29, 0.717) is 24.6 Å². The predicted octanol–water partition coefficient (Wildman–Crippen LogP) is 2.49. The predicted molar refractivity (Wildman–Crippen MR) is 140 cm³/mol. The maximum atomic E-state index is 13.6. The standard InChI is InChI=1S/C26H32F2N8O/c1-18-20(3-2-5-33-7-9-34(10-8-33)23-12-21(27)11-22(28)13-23)15-30-36(18)25-14-24(31-26(29)32-25)35-6-4-19(16-35)17-37/h2-3,11-15,19,37H,4-10,16-17H2,1H3,(H2,29,31,32)/t19-/m1/s1. The highest BCUT2D eigenvalue weighted by Gasteiger charge is 2.24. The quantitative estimate of drug-likeness (QED) is 0.500. The average molecular weight is 511 g/mol. The molecule has 2 aliphatic heterocycles. The summed E-state index contributed by atoms with van der Waals surface area (Å²) in [6.07, 6.45) is 6.87. The molecule has 196 valence electrons. The van der Waals surface area contributed by atoms with Gasteiger partial charge in [0.2, 0.25) is 5.95 Å². The highest BCUT2D eigenvalue weighted by Crippen LogP contribution is 2.25. The summed E-state index contributed by atoms with van der Waals surface area (Å²) in [5.74, 6) is 0.678. The molecule has 2 fully saturated rings. The topological polar surface area (TPSA) is 99.6 Å². The molecule has 0 saturated carbocycles. The van der Waals surface area contributed by atoms with Gasteiger partial charge < -0.3 is 20.6 Å². The summed E-state index contributed by atoms with van der Waals surface area (Å²) in [7, 11) is 0. The van der Waals surface area contributed by atoms with Crippen molar-refractivity contribution in [2.75, 3.05) is 68.0 Å². The fourth-order valence-corrected chi connectivity index (χ4v) is 4.96. The Hall–Kier alpha value is -3.57. The van der Waals surface area contributed by atoms with Crippen LogP contribution in [0, 0.1) is 24.5 Å². The first-order chi connectivity index (χ1) is 17.9. The molecule has 2 saturated heterocycles. The Morgan fingerprint density at radius 1 is 1.00 bits per heavy atom. The minimum Gasteiger partial charge on any atom is -0.396 e. The molecule has 1 atom stereocenters. The van der Waals surface area contributed by atoms with Crippen LogP contribution in [-0.4, -0.2) is 82.2 Å². The van der Waals surface area contributed by atoms with Gasteiger partial charge in [0.15, 0.2) is 5.82 Å². The zero-order valence-electron chi connectivity index (χ0n) is 20.9. The van der Waals surface area contributed by atoms with Crippen LogP contribution in [0.1, 0.15) is 17.7 Å². The fraction of sp³-hybridized carbons (Fsp3) is 0.423. The number of aliphatic hydroxyl groups excluding tert-OH is 1. The van der Waals surface area contributed by atoms with E-state index in [2.05, 4.69) is 30.9 Å². The molecule has 0 amide bonds. The minimum absolute atomic E-state index is 0.167. The third-order valence-corrected chi connectivity index (χ3v) is 7.09. The molecule has 0 aliphatic carbocycles. The van der Waals surface area contributed by atoms with Gasteiger partial charge in [-0.1, -0.05) is 12.2 Å². The van der Waals surface area contributed by atoms with E-state index < -0.39 is 11.6 Å². The molecule has 0 bridgehead atoms. The maximum absolute atomic E-state index is 13.6. The van der Waals surface area contributed by atoms with Gasteiger partial charge in [-0.3, -0.25) is 4.90 Å². The second-order valence-electron chi connectivity index (χ2n) is 9.64. The van der Waals surface area contributed by atoms with Crippen molar-refractivity contribution < 1.29 is 13.9 Å². The Balaban J connectivity index is 1.20. The van der Waals surface area contributed by atoms with E-state index in [0.717, 1.165) is 62.3 Å². The van der Waals surface area contributed by atoms with Gasteiger partial charge in [0.1, 0.15) is 17.5 Å². The molecule has 5 rings (SSSR count). The highest BCUT2D eigenvalue weighted by molar-refractivity contribution is 5.54. The lowest BCUT2D eigenvalue weighted by Crippen LogP contribution is -2.46. The number of nitrogens with zero attached hydrogens (tertiary/aromatic N) is 7. The van der Waals surface area contributed by atoms with Gasteiger partial charge in [0, 0.05) is 81.7 Å². The molecular weight excluding hydrogens is 478 g/mol. The van der Waals surface area contributed by atoms with Crippen LogP contribution in [-0.2, 0) is 0 Å². The fourth-order valence-electron chi connectivity index (χ4n) is 4.96. The van der Waals surface area contributed by atoms with Gasteiger partial charge in [0.05, 0.1) is 11.9 Å². The Morgan fingerprint density at radius 3 is 2.43 bits per heavy atom. The van der Waals surface area contributed by atoms with Crippen LogP contribution >= 0.6 is 0 Å². The molecule has 11 heteroatoms. The van der Waals surface area contributed by atoms with Gasteiger partial charge in [0.25, 0.3) is 0 Å². The van der Waals surface area contributed by atoms with Crippen LogP contribution in [0.15, 0.2) is 36.5 Å². The van der Waals surface area contributed by atoms with Crippen molar-refractivity contribution >= 4 is 23.5 Å². The zero-order valence-corrected chi connectivity index (χ0v) is 20.9. The number of anilines is 3. The van der Waals surface area contributed by atoms with Crippen molar-refractivity contribution in [1.29, 1.82) is 0 Å². The minimum atomic E-state index is -0.552.